The Hall–Kier alpha value is -1.02. The van der Waals surface area contributed by atoms with Crippen molar-refractivity contribution in [3.8, 4) is 5.75 Å². The van der Waals surface area contributed by atoms with Gasteiger partial charge in [0.15, 0.2) is 0 Å². The predicted octanol–water partition coefficient (Wildman–Crippen LogP) is 2.80. The molecular weight excluding hydrogens is 198 g/mol. The monoisotopic (exact) mass is 219 g/mol. The number of hydrogen-bond donors (Lipinski definition) is 1. The van der Waals surface area contributed by atoms with Gasteiger partial charge >= 0.3 is 0 Å². The first-order valence-corrected chi connectivity index (χ1v) is 6.13. The molecule has 0 aliphatic carbocycles. The third-order valence-electron chi connectivity index (χ3n) is 3.49. The molecule has 1 aliphatic heterocycles. The molecule has 1 aromatic rings. The van der Waals surface area contributed by atoms with Gasteiger partial charge in [-0.1, -0.05) is 32.0 Å². The lowest BCUT2D eigenvalue weighted by molar-refractivity contribution is 0.231. The van der Waals surface area contributed by atoms with Crippen molar-refractivity contribution in [2.45, 2.75) is 32.2 Å². The summed E-state index contributed by atoms with van der Waals surface area (Å²) in [6.45, 7) is 5.39. The molecule has 2 unspecified atom stereocenters. The number of benzene rings is 1. The van der Waals surface area contributed by atoms with Crippen molar-refractivity contribution in [2.24, 2.45) is 5.92 Å². The van der Waals surface area contributed by atoms with Crippen LogP contribution in [0.25, 0.3) is 0 Å². The molecule has 0 aromatic heterocycles. The van der Waals surface area contributed by atoms with E-state index in [1.807, 2.05) is 6.07 Å². The van der Waals surface area contributed by atoms with E-state index in [0.29, 0.717) is 17.9 Å². The Labute approximate surface area is 98.0 Å². The Balaban J connectivity index is 2.30. The largest absolute Gasteiger partial charge is 0.493 e. The van der Waals surface area contributed by atoms with E-state index < -0.39 is 0 Å². The summed E-state index contributed by atoms with van der Waals surface area (Å²) < 4.78 is 5.70. The fourth-order valence-electron chi connectivity index (χ4n) is 2.74. The Morgan fingerprint density at radius 2 is 2.06 bits per heavy atom. The predicted molar refractivity (Wildman–Crippen MR) is 67.0 cm³/mol. The summed E-state index contributed by atoms with van der Waals surface area (Å²) >= 11 is 0. The first-order chi connectivity index (χ1) is 7.74. The second kappa shape index (κ2) is 4.88. The zero-order valence-corrected chi connectivity index (χ0v) is 10.4. The third kappa shape index (κ3) is 2.07. The topological polar surface area (TPSA) is 21.3 Å². The summed E-state index contributed by atoms with van der Waals surface area (Å²) in [5.74, 6) is 2.29. The summed E-state index contributed by atoms with van der Waals surface area (Å²) in [7, 11) is 2.06. The van der Waals surface area contributed by atoms with Crippen molar-refractivity contribution in [1.29, 1.82) is 0 Å². The van der Waals surface area contributed by atoms with Gasteiger partial charge in [-0.05, 0) is 31.0 Å². The first-order valence-electron chi connectivity index (χ1n) is 6.13. The highest BCUT2D eigenvalue weighted by Gasteiger charge is 2.29. The summed E-state index contributed by atoms with van der Waals surface area (Å²) in [6, 6.07) is 8.96. The lowest BCUT2D eigenvalue weighted by Crippen LogP contribution is -2.38. The van der Waals surface area contributed by atoms with Crippen LogP contribution in [0.15, 0.2) is 24.3 Å². The van der Waals surface area contributed by atoms with Gasteiger partial charge in [0, 0.05) is 12.0 Å². The lowest BCUT2D eigenvalue weighted by Gasteiger charge is -2.34. The van der Waals surface area contributed by atoms with E-state index >= 15 is 0 Å². The van der Waals surface area contributed by atoms with Crippen molar-refractivity contribution < 1.29 is 4.74 Å². The molecule has 1 N–H and O–H groups in total. The van der Waals surface area contributed by atoms with Crippen molar-refractivity contribution in [3.05, 3.63) is 29.8 Å². The molecule has 2 rings (SSSR count). The molecule has 1 heterocycles. The first kappa shape index (κ1) is 11.5. The van der Waals surface area contributed by atoms with E-state index in [-0.39, 0.29) is 0 Å². The van der Waals surface area contributed by atoms with Crippen molar-refractivity contribution in [2.75, 3.05) is 13.7 Å². The number of ether oxygens (including phenoxy) is 1. The van der Waals surface area contributed by atoms with Crippen molar-refractivity contribution >= 4 is 0 Å². The van der Waals surface area contributed by atoms with Crippen LogP contribution in [-0.2, 0) is 0 Å². The van der Waals surface area contributed by atoms with Crippen molar-refractivity contribution in [3.63, 3.8) is 0 Å². The van der Waals surface area contributed by atoms with E-state index in [0.717, 1.165) is 18.8 Å². The van der Waals surface area contributed by atoms with Crippen LogP contribution >= 0.6 is 0 Å². The number of nitrogens with one attached hydrogen (secondary N) is 1. The molecule has 88 valence electrons. The van der Waals surface area contributed by atoms with Crippen LogP contribution in [0.3, 0.4) is 0 Å². The molecule has 1 aliphatic rings. The van der Waals surface area contributed by atoms with Gasteiger partial charge in [0.05, 0.1) is 6.61 Å². The second-order valence-electron chi connectivity index (χ2n) is 4.84. The van der Waals surface area contributed by atoms with Gasteiger partial charge < -0.3 is 10.1 Å². The summed E-state index contributed by atoms with van der Waals surface area (Å²) in [5.41, 5.74) is 1.36. The molecule has 16 heavy (non-hydrogen) atoms. The van der Waals surface area contributed by atoms with Gasteiger partial charge in [-0.15, -0.1) is 0 Å². The normalized spacial score (nSPS) is 21.4. The van der Waals surface area contributed by atoms with Gasteiger partial charge in [-0.2, -0.15) is 0 Å². The van der Waals surface area contributed by atoms with E-state index in [1.54, 1.807) is 0 Å². The molecule has 0 saturated heterocycles. The maximum absolute atomic E-state index is 5.70. The number of para-hydroxylation sites is 1. The number of likely N-dealkylation sites (N-methyl/N-ethyl adjacent to an activating group) is 1. The minimum atomic E-state index is 0.532. The highest BCUT2D eigenvalue weighted by atomic mass is 16.5. The van der Waals surface area contributed by atoms with Gasteiger partial charge in [0.25, 0.3) is 0 Å². The molecule has 0 saturated carbocycles. The van der Waals surface area contributed by atoms with Crippen LogP contribution in [0.4, 0.5) is 0 Å². The second-order valence-corrected chi connectivity index (χ2v) is 4.84. The average molecular weight is 219 g/mol. The van der Waals surface area contributed by atoms with E-state index in [4.69, 9.17) is 4.74 Å². The molecular formula is C14H21NO. The van der Waals surface area contributed by atoms with Gasteiger partial charge in [-0.25, -0.2) is 0 Å². The quantitative estimate of drug-likeness (QED) is 0.844. The smallest absolute Gasteiger partial charge is 0.122 e. The molecule has 2 atom stereocenters. The fraction of sp³-hybridized carbons (Fsp3) is 0.571. The van der Waals surface area contributed by atoms with Crippen LogP contribution in [0.2, 0.25) is 0 Å². The molecule has 0 spiro atoms. The SMILES string of the molecule is CNC(C(C)C)C1CCOc2ccccc21. The molecule has 0 fully saturated rings. The van der Waals surface area contributed by atoms with Crippen LogP contribution in [0.1, 0.15) is 31.7 Å². The summed E-state index contributed by atoms with van der Waals surface area (Å²) in [5, 5.41) is 3.46. The molecule has 2 nitrogen and oxygen atoms in total. The highest BCUT2D eigenvalue weighted by Crippen LogP contribution is 2.37. The zero-order chi connectivity index (χ0) is 11.5. The molecule has 0 amide bonds. The van der Waals surface area contributed by atoms with Gasteiger partial charge in [0.2, 0.25) is 0 Å². The van der Waals surface area contributed by atoms with E-state index in [9.17, 15) is 0 Å². The maximum Gasteiger partial charge on any atom is 0.122 e. The average Bonchev–Trinajstić information content (AvgIpc) is 2.30. The van der Waals surface area contributed by atoms with Crippen LogP contribution < -0.4 is 10.1 Å². The maximum atomic E-state index is 5.70. The number of fused-ring (bicyclic) bond motifs is 1. The number of rotatable bonds is 3. The molecule has 0 radical (unpaired) electrons. The molecule has 1 aromatic carbocycles. The lowest BCUT2D eigenvalue weighted by atomic mass is 9.81. The standard InChI is InChI=1S/C14H21NO/c1-10(2)14(15-3)12-8-9-16-13-7-5-4-6-11(12)13/h4-7,10,12,14-15H,8-9H2,1-3H3. The fourth-order valence-corrected chi connectivity index (χ4v) is 2.74. The molecule has 2 heteroatoms. The Morgan fingerprint density at radius 3 is 2.75 bits per heavy atom. The minimum Gasteiger partial charge on any atom is -0.493 e. The van der Waals surface area contributed by atoms with Crippen LogP contribution in [0, 0.1) is 5.92 Å². The van der Waals surface area contributed by atoms with Gasteiger partial charge in [0.1, 0.15) is 5.75 Å². The minimum absolute atomic E-state index is 0.532. The zero-order valence-electron chi connectivity index (χ0n) is 10.4. The van der Waals surface area contributed by atoms with Crippen LogP contribution in [0.5, 0.6) is 5.75 Å². The van der Waals surface area contributed by atoms with Crippen LogP contribution in [-0.4, -0.2) is 19.7 Å². The number of hydrogen-bond acceptors (Lipinski definition) is 2. The Kier molecular flexibility index (Phi) is 3.49. The Morgan fingerprint density at radius 1 is 1.31 bits per heavy atom. The summed E-state index contributed by atoms with van der Waals surface area (Å²) in [4.78, 5) is 0. The van der Waals surface area contributed by atoms with Crippen molar-refractivity contribution in [1.82, 2.24) is 5.32 Å². The highest BCUT2D eigenvalue weighted by molar-refractivity contribution is 5.38. The Bertz CT molecular complexity index is 348. The van der Waals surface area contributed by atoms with Gasteiger partial charge in [-0.3, -0.25) is 0 Å². The molecule has 0 bridgehead atoms. The summed E-state index contributed by atoms with van der Waals surface area (Å²) in [6.07, 6.45) is 1.11. The van der Waals surface area contributed by atoms with E-state index in [2.05, 4.69) is 44.4 Å². The third-order valence-corrected chi connectivity index (χ3v) is 3.49. The van der Waals surface area contributed by atoms with E-state index in [1.165, 1.54) is 5.56 Å².